The lowest BCUT2D eigenvalue weighted by molar-refractivity contribution is 0.0934. The Labute approximate surface area is 144 Å². The van der Waals surface area contributed by atoms with Gasteiger partial charge in [-0.2, -0.15) is 4.31 Å². The van der Waals surface area contributed by atoms with E-state index in [1.54, 1.807) is 6.92 Å². The van der Waals surface area contributed by atoms with Crippen LogP contribution in [0.5, 0.6) is 0 Å². The van der Waals surface area contributed by atoms with E-state index in [0.29, 0.717) is 11.0 Å². The van der Waals surface area contributed by atoms with Crippen LogP contribution in [0.25, 0.3) is 11.0 Å². The fourth-order valence-corrected chi connectivity index (χ4v) is 4.14. The fourth-order valence-electron chi connectivity index (χ4n) is 2.69. The summed E-state index contributed by atoms with van der Waals surface area (Å²) in [5.74, 6) is 0. The first-order valence-corrected chi connectivity index (χ1v) is 9.31. The highest BCUT2D eigenvalue weighted by Crippen LogP contribution is 2.22. The molecule has 1 saturated heterocycles. The van der Waals surface area contributed by atoms with Gasteiger partial charge in [0.15, 0.2) is 0 Å². The molecule has 25 heavy (non-hydrogen) atoms. The summed E-state index contributed by atoms with van der Waals surface area (Å²) in [7, 11) is -3.69. The topological polar surface area (TPSA) is 97.1 Å². The van der Waals surface area contributed by atoms with Crippen LogP contribution in [-0.4, -0.2) is 56.5 Å². The number of carbonyl (C=O) groups is 1. The smallest absolute Gasteiger partial charge is 0.409 e. The number of benzene rings is 1. The van der Waals surface area contributed by atoms with Gasteiger partial charge in [0.1, 0.15) is 5.58 Å². The average Bonchev–Trinajstić information content (AvgIpc) is 2.61. The number of hydrogen-bond donors (Lipinski definition) is 0. The molecule has 0 aliphatic carbocycles. The molecule has 0 N–H and O–H groups in total. The van der Waals surface area contributed by atoms with Crippen LogP contribution in [0, 0.1) is 0 Å². The monoisotopic (exact) mass is 366 g/mol. The number of nitrogens with zero attached hydrogens (tertiary/aromatic N) is 2. The number of fused-ring (bicyclic) bond motifs is 1. The number of rotatable bonds is 3. The van der Waals surface area contributed by atoms with Crippen LogP contribution in [0.1, 0.15) is 6.92 Å². The van der Waals surface area contributed by atoms with Crippen LogP contribution >= 0.6 is 0 Å². The lowest BCUT2D eigenvalue weighted by Crippen LogP contribution is -2.50. The van der Waals surface area contributed by atoms with Crippen molar-refractivity contribution in [3.8, 4) is 0 Å². The zero-order valence-electron chi connectivity index (χ0n) is 13.7. The van der Waals surface area contributed by atoms with E-state index in [-0.39, 0.29) is 37.7 Å². The van der Waals surface area contributed by atoms with Gasteiger partial charge in [0.05, 0.1) is 11.5 Å². The van der Waals surface area contributed by atoms with Gasteiger partial charge in [0.2, 0.25) is 10.0 Å². The lowest BCUT2D eigenvalue weighted by atomic mass is 10.2. The predicted molar refractivity (Wildman–Crippen MR) is 89.8 cm³/mol. The van der Waals surface area contributed by atoms with Crippen molar-refractivity contribution in [3.63, 3.8) is 0 Å². The number of ether oxygens (including phenoxy) is 1. The van der Waals surface area contributed by atoms with Crippen molar-refractivity contribution in [2.45, 2.75) is 11.8 Å². The van der Waals surface area contributed by atoms with E-state index >= 15 is 0 Å². The summed E-state index contributed by atoms with van der Waals surface area (Å²) in [6.45, 7) is 2.96. The van der Waals surface area contributed by atoms with Crippen molar-refractivity contribution in [1.29, 1.82) is 0 Å². The van der Waals surface area contributed by atoms with Gasteiger partial charge < -0.3 is 14.1 Å². The molecule has 0 bridgehead atoms. The van der Waals surface area contributed by atoms with Gasteiger partial charge in [-0.05, 0) is 31.2 Å². The molecule has 1 aromatic heterocycles. The molecule has 1 aliphatic heterocycles. The van der Waals surface area contributed by atoms with Gasteiger partial charge >= 0.3 is 11.7 Å². The standard InChI is InChI=1S/C16H18N2O6S/c1-2-23-16(20)17-7-9-18(10-8-17)25(21,22)13-4-5-14-12(11-13)3-6-15(19)24-14/h3-6,11H,2,7-10H2,1H3. The molecular formula is C16H18N2O6S. The normalized spacial score (nSPS) is 16.1. The quantitative estimate of drug-likeness (QED) is 0.759. The maximum absolute atomic E-state index is 12.8. The Morgan fingerprint density at radius 3 is 2.56 bits per heavy atom. The van der Waals surface area contributed by atoms with E-state index < -0.39 is 21.7 Å². The maximum Gasteiger partial charge on any atom is 0.409 e. The number of carbonyl (C=O) groups excluding carboxylic acids is 1. The summed E-state index contributed by atoms with van der Waals surface area (Å²) >= 11 is 0. The Bertz CT molecular complexity index is 944. The van der Waals surface area contributed by atoms with Crippen molar-refractivity contribution in [3.05, 3.63) is 40.8 Å². The molecule has 1 aromatic carbocycles. The first kappa shape index (κ1) is 17.4. The second-order valence-corrected chi connectivity index (χ2v) is 7.48. The molecule has 134 valence electrons. The van der Waals surface area contributed by atoms with Crippen LogP contribution in [0.3, 0.4) is 0 Å². The van der Waals surface area contributed by atoms with Crippen molar-refractivity contribution in [2.75, 3.05) is 32.8 Å². The number of amides is 1. The molecule has 1 amide bonds. The lowest BCUT2D eigenvalue weighted by Gasteiger charge is -2.33. The molecule has 9 heteroatoms. The molecule has 0 atom stereocenters. The second-order valence-electron chi connectivity index (χ2n) is 5.54. The van der Waals surface area contributed by atoms with E-state index in [2.05, 4.69) is 0 Å². The largest absolute Gasteiger partial charge is 0.450 e. The number of sulfonamides is 1. The molecule has 0 spiro atoms. The third-order valence-corrected chi connectivity index (χ3v) is 5.89. The summed E-state index contributed by atoms with van der Waals surface area (Å²) in [6, 6.07) is 7.14. The zero-order valence-corrected chi connectivity index (χ0v) is 14.5. The fraction of sp³-hybridized carbons (Fsp3) is 0.375. The highest BCUT2D eigenvalue weighted by atomic mass is 32.2. The van der Waals surface area contributed by atoms with Crippen molar-refractivity contribution in [1.82, 2.24) is 9.21 Å². The Morgan fingerprint density at radius 1 is 1.16 bits per heavy atom. The molecule has 2 heterocycles. The highest BCUT2D eigenvalue weighted by Gasteiger charge is 2.30. The van der Waals surface area contributed by atoms with Crippen LogP contribution in [0.4, 0.5) is 4.79 Å². The van der Waals surface area contributed by atoms with Crippen LogP contribution in [0.15, 0.2) is 44.4 Å². The van der Waals surface area contributed by atoms with E-state index in [1.165, 1.54) is 39.5 Å². The van der Waals surface area contributed by atoms with Gasteiger partial charge in [-0.1, -0.05) is 0 Å². The molecule has 2 aromatic rings. The summed E-state index contributed by atoms with van der Waals surface area (Å²) in [5, 5.41) is 0.533. The minimum absolute atomic E-state index is 0.124. The van der Waals surface area contributed by atoms with Crippen LogP contribution < -0.4 is 5.63 Å². The van der Waals surface area contributed by atoms with E-state index in [1.807, 2.05) is 0 Å². The zero-order chi connectivity index (χ0) is 18.0. The molecule has 3 rings (SSSR count). The van der Waals surface area contributed by atoms with Crippen LogP contribution in [-0.2, 0) is 14.8 Å². The minimum Gasteiger partial charge on any atom is -0.450 e. The van der Waals surface area contributed by atoms with Crippen LogP contribution in [0.2, 0.25) is 0 Å². The van der Waals surface area contributed by atoms with Gasteiger partial charge in [0, 0.05) is 37.6 Å². The van der Waals surface area contributed by atoms with E-state index in [4.69, 9.17) is 9.15 Å². The number of hydrogen-bond acceptors (Lipinski definition) is 6. The molecule has 1 fully saturated rings. The summed E-state index contributed by atoms with van der Waals surface area (Å²) in [6.07, 6.45) is -0.430. The molecule has 0 radical (unpaired) electrons. The molecular weight excluding hydrogens is 348 g/mol. The Balaban J connectivity index is 1.79. The second kappa shape index (κ2) is 6.85. The third kappa shape index (κ3) is 3.52. The van der Waals surface area contributed by atoms with Gasteiger partial charge in [-0.3, -0.25) is 0 Å². The summed E-state index contributed by atoms with van der Waals surface area (Å²) in [5.41, 5.74) is -0.156. The van der Waals surface area contributed by atoms with E-state index in [9.17, 15) is 18.0 Å². The summed E-state index contributed by atoms with van der Waals surface area (Å²) < 4.78 is 36.9. The van der Waals surface area contributed by atoms with Gasteiger partial charge in [0.25, 0.3) is 0 Å². The maximum atomic E-state index is 12.8. The Kier molecular flexibility index (Phi) is 4.78. The molecule has 8 nitrogen and oxygen atoms in total. The third-order valence-electron chi connectivity index (χ3n) is 3.99. The SMILES string of the molecule is CCOC(=O)N1CCN(S(=O)(=O)c2ccc3oc(=O)ccc3c2)CC1. The first-order valence-electron chi connectivity index (χ1n) is 7.87. The highest BCUT2D eigenvalue weighted by molar-refractivity contribution is 7.89. The predicted octanol–water partition coefficient (Wildman–Crippen LogP) is 1.26. The van der Waals surface area contributed by atoms with E-state index in [0.717, 1.165) is 0 Å². The molecule has 1 aliphatic rings. The Hall–Kier alpha value is -2.39. The molecule has 0 saturated carbocycles. The molecule has 0 unspecified atom stereocenters. The van der Waals surface area contributed by atoms with Crippen molar-refractivity contribution < 1.29 is 22.4 Å². The summed E-state index contributed by atoms with van der Waals surface area (Å²) in [4.78, 5) is 24.5. The average molecular weight is 366 g/mol. The minimum atomic E-state index is -3.69. The first-order chi connectivity index (χ1) is 11.9. The van der Waals surface area contributed by atoms with Crippen molar-refractivity contribution in [2.24, 2.45) is 0 Å². The Morgan fingerprint density at radius 2 is 1.88 bits per heavy atom. The van der Waals surface area contributed by atoms with Crippen molar-refractivity contribution >= 4 is 27.1 Å². The van der Waals surface area contributed by atoms with Gasteiger partial charge in [-0.15, -0.1) is 0 Å². The van der Waals surface area contributed by atoms with Gasteiger partial charge in [-0.25, -0.2) is 18.0 Å². The number of piperazine rings is 1.